The minimum atomic E-state index is -1.01. The lowest BCUT2D eigenvalue weighted by molar-refractivity contribution is -0.138. The summed E-state index contributed by atoms with van der Waals surface area (Å²) >= 11 is 5.65. The van der Waals surface area contributed by atoms with E-state index in [1.807, 2.05) is 32.0 Å². The molecule has 0 fully saturated rings. The Morgan fingerprint density at radius 3 is 2.21 bits per heavy atom. The van der Waals surface area contributed by atoms with Crippen molar-refractivity contribution in [2.45, 2.75) is 44.7 Å². The van der Waals surface area contributed by atoms with Crippen LogP contribution in [0.4, 0.5) is 5.69 Å². The molecule has 0 bridgehead atoms. The largest absolute Gasteiger partial charge is 0.481 e. The highest BCUT2D eigenvalue weighted by molar-refractivity contribution is 7.99. The molecule has 14 nitrogen and oxygen atoms in total. The molecule has 0 aliphatic rings. The summed E-state index contributed by atoms with van der Waals surface area (Å²) in [5.74, 6) is -2.14. The number of amides is 1. The van der Waals surface area contributed by atoms with Crippen molar-refractivity contribution in [3.05, 3.63) is 66.2 Å². The zero-order chi connectivity index (χ0) is 28.2. The van der Waals surface area contributed by atoms with E-state index in [4.69, 9.17) is 10.2 Å². The van der Waals surface area contributed by atoms with E-state index in [2.05, 4.69) is 47.9 Å². The molecule has 0 saturated heterocycles. The van der Waals surface area contributed by atoms with Crippen LogP contribution in [0, 0.1) is 18.6 Å². The first kappa shape index (κ1) is 30.0. The van der Waals surface area contributed by atoms with E-state index >= 15 is 0 Å². The normalized spacial score (nSPS) is 10.3. The number of nitrogens with zero attached hydrogens (tertiary/aromatic N) is 3. The Kier molecular flexibility index (Phi) is 11.5. The van der Waals surface area contributed by atoms with Gasteiger partial charge in [0.2, 0.25) is 5.91 Å². The van der Waals surface area contributed by atoms with Crippen LogP contribution in [0.15, 0.2) is 32.9 Å². The van der Waals surface area contributed by atoms with Crippen LogP contribution in [0.3, 0.4) is 0 Å². The number of thioether (sulfide) groups is 1. The average molecular weight is 564 g/mol. The number of aryl methyl sites for hydroxylation is 3. The van der Waals surface area contributed by atoms with E-state index in [0.29, 0.717) is 0 Å². The Labute approximate surface area is 224 Å². The summed E-state index contributed by atoms with van der Waals surface area (Å²) in [5.41, 5.74) is 2.10. The van der Waals surface area contributed by atoms with E-state index in [1.54, 1.807) is 0 Å². The number of aromatic amines is 3. The highest BCUT2D eigenvalue weighted by Crippen LogP contribution is 2.19. The van der Waals surface area contributed by atoms with Gasteiger partial charge in [0.15, 0.2) is 9.93 Å². The fourth-order valence-corrected chi connectivity index (χ4v) is 3.51. The molecule has 0 spiro atoms. The number of H-pyrrole nitrogens is 3. The van der Waals surface area contributed by atoms with E-state index in [0.717, 1.165) is 28.6 Å². The molecule has 2 aromatic heterocycles. The number of hydrogen-bond donors (Lipinski definition) is 6. The molecule has 16 heteroatoms. The summed E-state index contributed by atoms with van der Waals surface area (Å²) in [6.07, 6.45) is -0.213. The topological polar surface area (TPSA) is 224 Å². The van der Waals surface area contributed by atoms with Gasteiger partial charge in [-0.05, 0) is 43.3 Å². The zero-order valence-corrected chi connectivity index (χ0v) is 22.0. The smallest absolute Gasteiger partial charge is 0.303 e. The fourth-order valence-electron chi connectivity index (χ4n) is 2.77. The number of anilines is 1. The molecule has 0 atom stereocenters. The Hall–Kier alpha value is -4.18. The molecular formula is C22H25N7O7S2. The lowest BCUT2D eigenvalue weighted by Crippen LogP contribution is -2.20. The van der Waals surface area contributed by atoms with Crippen molar-refractivity contribution in [2.75, 3.05) is 11.1 Å². The summed E-state index contributed by atoms with van der Waals surface area (Å²) in [5, 5.41) is 33.5. The van der Waals surface area contributed by atoms with E-state index in [-0.39, 0.29) is 58.7 Å². The maximum Gasteiger partial charge on any atom is 0.303 e. The van der Waals surface area contributed by atoms with Crippen molar-refractivity contribution in [2.24, 2.45) is 0 Å². The number of rotatable bonds is 10. The van der Waals surface area contributed by atoms with Crippen LogP contribution in [0.25, 0.3) is 0 Å². The van der Waals surface area contributed by atoms with Crippen molar-refractivity contribution in [1.29, 1.82) is 0 Å². The number of benzene rings is 1. The first-order chi connectivity index (χ1) is 18.0. The Balaban J connectivity index is 0.000000328. The standard InChI is InChI=1S/C16H18N4O4S.C6H7N3O3S/c1-9-4-3-5-11(10(9)2)17-13(21)8-25-16-18-15(24)12(19-20-16)6-7-14(22)23;10-4(11)2-1-3-5(12)7-6(13)9-8-3/h3-5H,6-8H2,1-2H3,(H,17,21)(H,22,23)(H,18,20,24);1-2H2,(H,10,11)(H2,7,9,12,13). The van der Waals surface area contributed by atoms with Crippen molar-refractivity contribution < 1.29 is 24.6 Å². The van der Waals surface area contributed by atoms with Crippen LogP contribution in [-0.4, -0.2) is 64.2 Å². The van der Waals surface area contributed by atoms with Crippen molar-refractivity contribution in [3.8, 4) is 0 Å². The van der Waals surface area contributed by atoms with Gasteiger partial charge in [0.1, 0.15) is 11.4 Å². The number of hydrogen-bond acceptors (Lipinski definition) is 10. The molecule has 1 amide bonds. The van der Waals surface area contributed by atoms with Gasteiger partial charge >= 0.3 is 11.9 Å². The third-order valence-electron chi connectivity index (χ3n) is 4.90. The van der Waals surface area contributed by atoms with Crippen LogP contribution in [0.1, 0.15) is 35.4 Å². The minimum Gasteiger partial charge on any atom is -0.481 e. The van der Waals surface area contributed by atoms with Crippen molar-refractivity contribution >= 4 is 47.5 Å². The van der Waals surface area contributed by atoms with Gasteiger partial charge in [-0.25, -0.2) is 0 Å². The number of carbonyl (C=O) groups is 3. The SMILES string of the molecule is Cc1cccc(NC(=O)CSc2nnc(CCC(=O)O)c(=O)[nH]2)c1C.O=C(O)CCc1n[nH]c(=S)[nH]c1=O. The molecule has 3 aromatic rings. The maximum atomic E-state index is 12.0. The second-order valence-electron chi connectivity index (χ2n) is 7.73. The lowest BCUT2D eigenvalue weighted by Gasteiger charge is -2.09. The monoisotopic (exact) mass is 563 g/mol. The molecule has 0 radical (unpaired) electrons. The summed E-state index contributed by atoms with van der Waals surface area (Å²) in [6.45, 7) is 3.89. The van der Waals surface area contributed by atoms with E-state index in [1.165, 1.54) is 0 Å². The lowest BCUT2D eigenvalue weighted by atomic mass is 10.1. The van der Waals surface area contributed by atoms with E-state index in [9.17, 15) is 24.0 Å². The Morgan fingerprint density at radius 1 is 0.974 bits per heavy atom. The van der Waals surface area contributed by atoms with Gasteiger partial charge in [0.25, 0.3) is 11.1 Å². The molecule has 1 aromatic carbocycles. The summed E-state index contributed by atoms with van der Waals surface area (Å²) in [6, 6.07) is 5.65. The molecule has 6 N–H and O–H groups in total. The van der Waals surface area contributed by atoms with Crippen LogP contribution in [0.5, 0.6) is 0 Å². The highest BCUT2D eigenvalue weighted by atomic mass is 32.2. The number of aromatic nitrogens is 6. The molecule has 2 heterocycles. The number of carbonyl (C=O) groups excluding carboxylic acids is 1. The summed E-state index contributed by atoms with van der Waals surface area (Å²) < 4.78 is 0.129. The van der Waals surface area contributed by atoms with Gasteiger partial charge in [-0.3, -0.25) is 39.0 Å². The van der Waals surface area contributed by atoms with E-state index < -0.39 is 23.1 Å². The molecule has 202 valence electrons. The molecule has 0 aliphatic heterocycles. The number of aliphatic carboxylic acids is 2. The van der Waals surface area contributed by atoms with Crippen LogP contribution < -0.4 is 16.4 Å². The third kappa shape index (κ3) is 10.1. The van der Waals surface area contributed by atoms with Crippen molar-refractivity contribution in [3.63, 3.8) is 0 Å². The van der Waals surface area contributed by atoms with Gasteiger partial charge < -0.3 is 15.5 Å². The Morgan fingerprint density at radius 2 is 1.61 bits per heavy atom. The fraction of sp³-hybridized carbons (Fsp3) is 0.318. The number of carboxylic acids is 2. The molecule has 0 saturated carbocycles. The van der Waals surface area contributed by atoms with Gasteiger partial charge in [-0.2, -0.15) is 5.10 Å². The van der Waals surface area contributed by atoms with Gasteiger partial charge in [-0.15, -0.1) is 10.2 Å². The van der Waals surface area contributed by atoms with Gasteiger partial charge in [0, 0.05) is 18.5 Å². The second-order valence-corrected chi connectivity index (χ2v) is 9.10. The molecule has 0 unspecified atom stereocenters. The number of carboxylic acid groups (broad SMARTS) is 2. The second kappa shape index (κ2) is 14.5. The number of nitrogens with one attached hydrogen (secondary N) is 4. The zero-order valence-electron chi connectivity index (χ0n) is 20.4. The minimum absolute atomic E-state index is 0.00966. The van der Waals surface area contributed by atoms with Crippen LogP contribution in [-0.2, 0) is 27.2 Å². The Bertz CT molecular complexity index is 1480. The predicted octanol–water partition coefficient (Wildman–Crippen LogP) is 1.37. The average Bonchev–Trinajstić information content (AvgIpc) is 2.84. The van der Waals surface area contributed by atoms with Crippen molar-refractivity contribution in [1.82, 2.24) is 30.4 Å². The maximum absolute atomic E-state index is 12.0. The van der Waals surface area contributed by atoms with Gasteiger partial charge in [0.05, 0.1) is 18.6 Å². The quantitative estimate of drug-likeness (QED) is 0.152. The van der Waals surface area contributed by atoms with Crippen LogP contribution in [0.2, 0.25) is 0 Å². The predicted molar refractivity (Wildman–Crippen MR) is 140 cm³/mol. The first-order valence-electron chi connectivity index (χ1n) is 11.0. The van der Waals surface area contributed by atoms with Crippen LogP contribution >= 0.6 is 24.0 Å². The molecule has 38 heavy (non-hydrogen) atoms. The van der Waals surface area contributed by atoms with Gasteiger partial charge in [-0.1, -0.05) is 23.9 Å². The summed E-state index contributed by atoms with van der Waals surface area (Å²) in [4.78, 5) is 60.4. The molecule has 0 aliphatic carbocycles. The highest BCUT2D eigenvalue weighted by Gasteiger charge is 2.11. The molecular weight excluding hydrogens is 538 g/mol. The third-order valence-corrected chi connectivity index (χ3v) is 5.95. The molecule has 3 rings (SSSR count). The summed E-state index contributed by atoms with van der Waals surface area (Å²) in [7, 11) is 0. The first-order valence-corrected chi connectivity index (χ1v) is 12.4.